The van der Waals surface area contributed by atoms with Gasteiger partial charge < -0.3 is 33.9 Å². The summed E-state index contributed by atoms with van der Waals surface area (Å²) in [7, 11) is 4.65. The van der Waals surface area contributed by atoms with Gasteiger partial charge in [-0.05, 0) is 66.2 Å². The number of fused-ring (bicyclic) bond motifs is 2. The van der Waals surface area contributed by atoms with Crippen LogP contribution >= 0.6 is 11.3 Å². The summed E-state index contributed by atoms with van der Waals surface area (Å²) in [6.07, 6.45) is 0. The van der Waals surface area contributed by atoms with Crippen molar-refractivity contribution < 1.29 is 33.3 Å². The molecule has 0 bridgehead atoms. The van der Waals surface area contributed by atoms with Gasteiger partial charge in [0.25, 0.3) is 5.91 Å². The number of amides is 2. The molecule has 2 aromatic heterocycles. The van der Waals surface area contributed by atoms with E-state index in [9.17, 15) is 9.59 Å². The lowest BCUT2D eigenvalue weighted by molar-refractivity contribution is -0.140. The average molecular weight is 693 g/mol. The maximum absolute atomic E-state index is 14.5. The molecule has 13 nitrogen and oxygen atoms in total. The number of nitrogens with one attached hydrogen (secondary N) is 1. The van der Waals surface area contributed by atoms with Crippen molar-refractivity contribution >= 4 is 39.9 Å². The molecule has 1 unspecified atom stereocenters. The standard InChI is InChI=1S/C36H32N6O7S/c1-45-25-12-8-22(9-13-25)27-20-50-33(38-27)18-41(34(43)19-42-28-7-5-4-6-26(28)39-40-42)35(23-10-14-29(46-2)31(16-23)47-3)36(44)37-24-11-15-30-32(17-24)49-21-48-30/h4-17,20,35H,18-19,21H2,1-3H3,(H,37,44). The topological polar surface area (TPSA) is 139 Å². The first-order valence-corrected chi connectivity index (χ1v) is 16.4. The first-order valence-electron chi connectivity index (χ1n) is 15.5. The number of hydrogen-bond acceptors (Lipinski definition) is 11. The van der Waals surface area contributed by atoms with Gasteiger partial charge in [0.05, 0.1) is 39.1 Å². The second kappa shape index (κ2) is 14.1. The third kappa shape index (κ3) is 6.60. The molecular weight excluding hydrogens is 660 g/mol. The minimum absolute atomic E-state index is 0.0137. The first-order chi connectivity index (χ1) is 24.4. The first kappa shape index (κ1) is 32.4. The zero-order valence-corrected chi connectivity index (χ0v) is 28.2. The van der Waals surface area contributed by atoms with Crippen molar-refractivity contribution in [3.05, 3.63) is 101 Å². The van der Waals surface area contributed by atoms with E-state index in [1.807, 2.05) is 53.9 Å². The highest BCUT2D eigenvalue weighted by molar-refractivity contribution is 7.09. The fourth-order valence-corrected chi connectivity index (χ4v) is 6.48. The Hall–Kier alpha value is -6.15. The molecule has 0 fully saturated rings. The molecule has 14 heteroatoms. The second-order valence-electron chi connectivity index (χ2n) is 11.2. The van der Waals surface area contributed by atoms with Gasteiger partial charge in [0, 0.05) is 22.7 Å². The molecule has 1 aliphatic rings. The third-order valence-electron chi connectivity index (χ3n) is 8.19. The zero-order chi connectivity index (χ0) is 34.6. The summed E-state index contributed by atoms with van der Waals surface area (Å²) >= 11 is 1.39. The summed E-state index contributed by atoms with van der Waals surface area (Å²) in [6, 6.07) is 24.0. The number of ether oxygens (including phenoxy) is 5. The van der Waals surface area contributed by atoms with E-state index in [4.69, 9.17) is 28.7 Å². The van der Waals surface area contributed by atoms with Crippen LogP contribution < -0.4 is 29.0 Å². The number of rotatable bonds is 12. The Morgan fingerprint density at radius 3 is 2.52 bits per heavy atom. The van der Waals surface area contributed by atoms with Gasteiger partial charge in [-0.2, -0.15) is 0 Å². The molecule has 50 heavy (non-hydrogen) atoms. The van der Waals surface area contributed by atoms with Crippen molar-refractivity contribution in [2.75, 3.05) is 33.4 Å². The monoisotopic (exact) mass is 692 g/mol. The summed E-state index contributed by atoms with van der Waals surface area (Å²) in [5, 5.41) is 14.0. The van der Waals surface area contributed by atoms with E-state index in [0.29, 0.717) is 50.3 Å². The van der Waals surface area contributed by atoms with Crippen LogP contribution in [0.1, 0.15) is 16.6 Å². The van der Waals surface area contributed by atoms with Crippen LogP contribution in [-0.2, 0) is 22.7 Å². The zero-order valence-electron chi connectivity index (χ0n) is 27.4. The fraction of sp³-hybridized carbons (Fsp3) is 0.194. The van der Waals surface area contributed by atoms with Gasteiger partial charge in [-0.3, -0.25) is 9.59 Å². The Morgan fingerprint density at radius 2 is 1.72 bits per heavy atom. The molecule has 1 N–H and O–H groups in total. The van der Waals surface area contributed by atoms with Crippen molar-refractivity contribution in [2.45, 2.75) is 19.1 Å². The van der Waals surface area contributed by atoms with Gasteiger partial charge in [-0.15, -0.1) is 16.4 Å². The highest BCUT2D eigenvalue weighted by Gasteiger charge is 2.34. The molecule has 1 atom stereocenters. The van der Waals surface area contributed by atoms with Crippen molar-refractivity contribution in [1.29, 1.82) is 0 Å². The van der Waals surface area contributed by atoms with Crippen LogP contribution in [0, 0.1) is 0 Å². The lowest BCUT2D eigenvalue weighted by Gasteiger charge is -2.31. The van der Waals surface area contributed by atoms with E-state index in [0.717, 1.165) is 17.0 Å². The maximum Gasteiger partial charge on any atom is 0.251 e. The number of carbonyl (C=O) groups is 2. The Balaban J connectivity index is 1.29. The Morgan fingerprint density at radius 1 is 0.920 bits per heavy atom. The average Bonchev–Trinajstić information content (AvgIpc) is 3.92. The van der Waals surface area contributed by atoms with Crippen molar-refractivity contribution in [1.82, 2.24) is 24.9 Å². The molecule has 4 aromatic carbocycles. The van der Waals surface area contributed by atoms with Gasteiger partial charge in [-0.1, -0.05) is 23.4 Å². The van der Waals surface area contributed by atoms with E-state index >= 15 is 0 Å². The summed E-state index contributed by atoms with van der Waals surface area (Å²) in [5.74, 6) is 1.83. The fourth-order valence-electron chi connectivity index (χ4n) is 5.68. The summed E-state index contributed by atoms with van der Waals surface area (Å²) in [6.45, 7) is -0.0786. The minimum atomic E-state index is -1.14. The number of aromatic nitrogens is 4. The number of nitrogens with zero attached hydrogens (tertiary/aromatic N) is 5. The minimum Gasteiger partial charge on any atom is -0.497 e. The lowest BCUT2D eigenvalue weighted by atomic mass is 10.0. The van der Waals surface area contributed by atoms with Crippen LogP contribution in [0.4, 0.5) is 5.69 Å². The second-order valence-corrected chi connectivity index (χ2v) is 12.1. The molecule has 0 spiro atoms. The Kier molecular flexibility index (Phi) is 9.16. The molecule has 3 heterocycles. The van der Waals surface area contributed by atoms with Crippen LogP contribution in [0.2, 0.25) is 0 Å². The van der Waals surface area contributed by atoms with Crippen molar-refractivity contribution in [2.24, 2.45) is 0 Å². The van der Waals surface area contributed by atoms with Crippen molar-refractivity contribution in [3.63, 3.8) is 0 Å². The van der Waals surface area contributed by atoms with E-state index in [1.165, 1.54) is 35.1 Å². The highest BCUT2D eigenvalue weighted by atomic mass is 32.1. The highest BCUT2D eigenvalue weighted by Crippen LogP contribution is 2.37. The quantitative estimate of drug-likeness (QED) is 0.170. The van der Waals surface area contributed by atoms with Gasteiger partial charge in [-0.25, -0.2) is 9.67 Å². The summed E-state index contributed by atoms with van der Waals surface area (Å²) in [5.41, 5.74) is 3.91. The Bertz CT molecular complexity index is 2170. The van der Waals surface area contributed by atoms with E-state index in [-0.39, 0.29) is 25.8 Å². The van der Waals surface area contributed by atoms with Crippen LogP contribution in [0.25, 0.3) is 22.3 Å². The molecule has 254 valence electrons. The van der Waals surface area contributed by atoms with E-state index in [1.54, 1.807) is 43.5 Å². The predicted octanol–water partition coefficient (Wildman–Crippen LogP) is 5.72. The SMILES string of the molecule is COc1ccc(-c2csc(CN(C(=O)Cn3nnc4ccccc43)C(C(=O)Nc3ccc4c(c3)OCO4)c3ccc(OC)c(OC)c3)n2)cc1. The number of anilines is 1. The van der Waals surface area contributed by atoms with Gasteiger partial charge in [0.1, 0.15) is 28.9 Å². The van der Waals surface area contributed by atoms with Crippen molar-refractivity contribution in [3.8, 4) is 40.0 Å². The van der Waals surface area contributed by atoms with E-state index < -0.39 is 11.9 Å². The molecule has 0 saturated carbocycles. The predicted molar refractivity (Wildman–Crippen MR) is 186 cm³/mol. The van der Waals surface area contributed by atoms with Gasteiger partial charge in [0.2, 0.25) is 12.7 Å². The lowest BCUT2D eigenvalue weighted by Crippen LogP contribution is -2.42. The van der Waals surface area contributed by atoms with Crippen LogP contribution in [0.3, 0.4) is 0 Å². The molecule has 2 amide bonds. The number of carbonyl (C=O) groups excluding carboxylic acids is 2. The molecule has 1 aliphatic heterocycles. The molecular formula is C36H32N6O7S. The molecule has 0 aliphatic carbocycles. The van der Waals surface area contributed by atoms with Crippen LogP contribution in [0.5, 0.6) is 28.7 Å². The number of hydrogen-bond donors (Lipinski definition) is 1. The normalized spacial score (nSPS) is 12.4. The molecule has 6 aromatic rings. The molecule has 7 rings (SSSR count). The van der Waals surface area contributed by atoms with E-state index in [2.05, 4.69) is 15.6 Å². The molecule has 0 radical (unpaired) electrons. The number of methoxy groups -OCH3 is 3. The largest absolute Gasteiger partial charge is 0.497 e. The smallest absolute Gasteiger partial charge is 0.251 e. The third-order valence-corrected chi connectivity index (χ3v) is 9.03. The number of benzene rings is 4. The van der Waals surface area contributed by atoms with Crippen LogP contribution in [0.15, 0.2) is 90.3 Å². The number of para-hydroxylation sites is 1. The van der Waals surface area contributed by atoms with Gasteiger partial charge >= 0.3 is 0 Å². The van der Waals surface area contributed by atoms with Crippen LogP contribution in [-0.4, -0.2) is 64.8 Å². The number of thiazole rings is 1. The summed E-state index contributed by atoms with van der Waals surface area (Å²) < 4.78 is 28.9. The molecule has 0 saturated heterocycles. The Labute approximate surface area is 290 Å². The summed E-state index contributed by atoms with van der Waals surface area (Å²) in [4.78, 5) is 35.4. The van der Waals surface area contributed by atoms with Gasteiger partial charge in [0.15, 0.2) is 23.0 Å². The maximum atomic E-state index is 14.5.